The number of nitrogens with zero attached hydrogens (tertiary/aromatic N) is 1. The summed E-state index contributed by atoms with van der Waals surface area (Å²) in [5.74, 6) is -0.254. The van der Waals surface area contributed by atoms with Crippen LogP contribution in [0, 0.1) is 5.82 Å². The Labute approximate surface area is 120 Å². The molecular formula is C17H21FN2. The van der Waals surface area contributed by atoms with E-state index in [4.69, 9.17) is 5.73 Å². The van der Waals surface area contributed by atoms with Crippen LogP contribution >= 0.6 is 0 Å². The van der Waals surface area contributed by atoms with Gasteiger partial charge in [0.05, 0.1) is 0 Å². The van der Waals surface area contributed by atoms with E-state index < -0.39 is 0 Å². The van der Waals surface area contributed by atoms with Gasteiger partial charge in [-0.15, -0.1) is 0 Å². The molecule has 0 aromatic heterocycles. The zero-order chi connectivity index (χ0) is 14.7. The molecule has 2 aromatic carbocycles. The number of hydrogen-bond acceptors (Lipinski definition) is 2. The van der Waals surface area contributed by atoms with E-state index in [0.29, 0.717) is 0 Å². The average molecular weight is 272 g/mol. The average Bonchev–Trinajstić information content (AvgIpc) is 2.46. The summed E-state index contributed by atoms with van der Waals surface area (Å²) < 4.78 is 13.4. The van der Waals surface area contributed by atoms with Gasteiger partial charge in [-0.3, -0.25) is 0 Å². The molecule has 106 valence electrons. The predicted octanol–water partition coefficient (Wildman–Crippen LogP) is 4.18. The van der Waals surface area contributed by atoms with Crippen molar-refractivity contribution in [3.63, 3.8) is 0 Å². The third kappa shape index (κ3) is 2.99. The van der Waals surface area contributed by atoms with Crippen LogP contribution in [-0.2, 0) is 6.42 Å². The van der Waals surface area contributed by atoms with Crippen molar-refractivity contribution in [1.29, 1.82) is 0 Å². The second-order valence-corrected chi connectivity index (χ2v) is 5.07. The summed E-state index contributed by atoms with van der Waals surface area (Å²) in [5, 5.41) is 0. The van der Waals surface area contributed by atoms with Gasteiger partial charge in [-0.2, -0.15) is 0 Å². The van der Waals surface area contributed by atoms with Gasteiger partial charge in [-0.1, -0.05) is 19.1 Å². The first-order valence-electron chi connectivity index (χ1n) is 6.90. The summed E-state index contributed by atoms with van der Waals surface area (Å²) in [7, 11) is 1.97. The van der Waals surface area contributed by atoms with Gasteiger partial charge in [0.1, 0.15) is 5.82 Å². The standard InChI is InChI=1S/C17H21FN2/c1-4-13-5-8-15(9-6-13)20(3)17-10-7-14(18)11-16(17)12(2)19/h5-12H,4,19H2,1-3H3. The van der Waals surface area contributed by atoms with Gasteiger partial charge in [-0.25, -0.2) is 4.39 Å². The zero-order valence-corrected chi connectivity index (χ0v) is 12.2. The smallest absolute Gasteiger partial charge is 0.123 e. The van der Waals surface area contributed by atoms with Crippen molar-refractivity contribution >= 4 is 11.4 Å². The molecule has 0 spiro atoms. The third-order valence-corrected chi connectivity index (χ3v) is 3.57. The van der Waals surface area contributed by atoms with Crippen molar-refractivity contribution in [3.8, 4) is 0 Å². The lowest BCUT2D eigenvalue weighted by Crippen LogP contribution is -2.16. The first-order valence-corrected chi connectivity index (χ1v) is 6.90. The maximum absolute atomic E-state index is 13.4. The molecule has 0 bridgehead atoms. The Bertz CT molecular complexity index is 576. The van der Waals surface area contributed by atoms with E-state index in [1.807, 2.05) is 18.9 Å². The molecular weight excluding hydrogens is 251 g/mol. The third-order valence-electron chi connectivity index (χ3n) is 3.57. The van der Waals surface area contributed by atoms with E-state index >= 15 is 0 Å². The fraction of sp³-hybridized carbons (Fsp3) is 0.294. The molecule has 0 radical (unpaired) electrons. The monoisotopic (exact) mass is 272 g/mol. The Morgan fingerprint density at radius 1 is 1.15 bits per heavy atom. The number of aryl methyl sites for hydroxylation is 1. The van der Waals surface area contributed by atoms with Gasteiger partial charge in [0, 0.05) is 24.5 Å². The lowest BCUT2D eigenvalue weighted by molar-refractivity contribution is 0.622. The topological polar surface area (TPSA) is 29.3 Å². The van der Waals surface area contributed by atoms with Crippen molar-refractivity contribution in [2.45, 2.75) is 26.3 Å². The summed E-state index contributed by atoms with van der Waals surface area (Å²) in [4.78, 5) is 2.04. The Balaban J connectivity index is 2.39. The molecule has 1 unspecified atom stereocenters. The minimum Gasteiger partial charge on any atom is -0.344 e. The molecule has 0 heterocycles. The highest BCUT2D eigenvalue weighted by Crippen LogP contribution is 2.30. The van der Waals surface area contributed by atoms with E-state index in [0.717, 1.165) is 23.4 Å². The summed E-state index contributed by atoms with van der Waals surface area (Å²) >= 11 is 0. The molecule has 20 heavy (non-hydrogen) atoms. The number of rotatable bonds is 4. The second kappa shape index (κ2) is 6.06. The van der Waals surface area contributed by atoms with Gasteiger partial charge in [0.15, 0.2) is 0 Å². The second-order valence-electron chi connectivity index (χ2n) is 5.07. The van der Waals surface area contributed by atoms with Gasteiger partial charge in [0.25, 0.3) is 0 Å². The van der Waals surface area contributed by atoms with Crippen molar-refractivity contribution in [1.82, 2.24) is 0 Å². The minimum absolute atomic E-state index is 0.210. The van der Waals surface area contributed by atoms with Crippen molar-refractivity contribution in [3.05, 3.63) is 59.4 Å². The van der Waals surface area contributed by atoms with Crippen LogP contribution in [0.2, 0.25) is 0 Å². The van der Waals surface area contributed by atoms with Gasteiger partial charge in [-0.05, 0) is 54.8 Å². The van der Waals surface area contributed by atoms with E-state index in [1.54, 1.807) is 6.07 Å². The van der Waals surface area contributed by atoms with Crippen LogP contribution in [0.4, 0.5) is 15.8 Å². The molecule has 0 saturated heterocycles. The number of benzene rings is 2. The number of nitrogens with two attached hydrogens (primary N) is 1. The summed E-state index contributed by atoms with van der Waals surface area (Å²) in [6.07, 6.45) is 1.02. The predicted molar refractivity (Wildman–Crippen MR) is 82.9 cm³/mol. The normalized spacial score (nSPS) is 12.2. The maximum atomic E-state index is 13.4. The first kappa shape index (κ1) is 14.5. The van der Waals surface area contributed by atoms with Crippen LogP contribution in [0.1, 0.15) is 31.0 Å². The molecule has 0 amide bonds. The largest absolute Gasteiger partial charge is 0.344 e. The van der Waals surface area contributed by atoms with Crippen LogP contribution in [-0.4, -0.2) is 7.05 Å². The highest BCUT2D eigenvalue weighted by atomic mass is 19.1. The van der Waals surface area contributed by atoms with Gasteiger partial charge >= 0.3 is 0 Å². The Morgan fingerprint density at radius 2 is 1.80 bits per heavy atom. The Morgan fingerprint density at radius 3 is 2.35 bits per heavy atom. The fourth-order valence-electron chi connectivity index (χ4n) is 2.29. The van der Waals surface area contributed by atoms with Crippen LogP contribution in [0.15, 0.2) is 42.5 Å². The first-order chi connectivity index (χ1) is 9.52. The molecule has 0 aliphatic heterocycles. The van der Waals surface area contributed by atoms with Crippen molar-refractivity contribution < 1.29 is 4.39 Å². The van der Waals surface area contributed by atoms with Crippen LogP contribution in [0.3, 0.4) is 0 Å². The molecule has 2 rings (SSSR count). The molecule has 0 aliphatic carbocycles. The number of hydrogen-bond donors (Lipinski definition) is 1. The lowest BCUT2D eigenvalue weighted by Gasteiger charge is -2.24. The summed E-state index contributed by atoms with van der Waals surface area (Å²) in [5.41, 5.74) is 10.1. The van der Waals surface area contributed by atoms with E-state index in [9.17, 15) is 4.39 Å². The lowest BCUT2D eigenvalue weighted by atomic mass is 10.0. The molecule has 0 saturated carbocycles. The molecule has 2 aromatic rings. The Kier molecular flexibility index (Phi) is 4.40. The highest BCUT2D eigenvalue weighted by molar-refractivity contribution is 5.66. The molecule has 0 aliphatic rings. The number of halogens is 1. The van der Waals surface area contributed by atoms with Crippen LogP contribution in [0.25, 0.3) is 0 Å². The van der Waals surface area contributed by atoms with E-state index in [1.165, 1.54) is 17.7 Å². The SMILES string of the molecule is CCc1ccc(N(C)c2ccc(F)cc2C(C)N)cc1. The van der Waals surface area contributed by atoms with E-state index in [2.05, 4.69) is 31.2 Å². The quantitative estimate of drug-likeness (QED) is 0.905. The minimum atomic E-state index is -0.254. The van der Waals surface area contributed by atoms with Gasteiger partial charge in [0.2, 0.25) is 0 Å². The maximum Gasteiger partial charge on any atom is 0.123 e. The number of anilines is 2. The Hall–Kier alpha value is -1.87. The molecule has 0 fully saturated rings. The van der Waals surface area contributed by atoms with Crippen molar-refractivity contribution in [2.24, 2.45) is 5.73 Å². The van der Waals surface area contributed by atoms with Crippen LogP contribution < -0.4 is 10.6 Å². The zero-order valence-electron chi connectivity index (χ0n) is 12.2. The van der Waals surface area contributed by atoms with E-state index in [-0.39, 0.29) is 11.9 Å². The van der Waals surface area contributed by atoms with Crippen LogP contribution in [0.5, 0.6) is 0 Å². The molecule has 2 nitrogen and oxygen atoms in total. The summed E-state index contributed by atoms with van der Waals surface area (Å²) in [6, 6.07) is 12.9. The molecule has 3 heteroatoms. The molecule has 2 N–H and O–H groups in total. The highest BCUT2D eigenvalue weighted by Gasteiger charge is 2.13. The van der Waals surface area contributed by atoms with Gasteiger partial charge < -0.3 is 10.6 Å². The van der Waals surface area contributed by atoms with Crippen molar-refractivity contribution in [2.75, 3.05) is 11.9 Å². The molecule has 1 atom stereocenters. The fourth-order valence-corrected chi connectivity index (χ4v) is 2.29. The summed E-state index contributed by atoms with van der Waals surface area (Å²) in [6.45, 7) is 4.00.